The van der Waals surface area contributed by atoms with Crippen LogP contribution in [0.4, 0.5) is 0 Å². The van der Waals surface area contributed by atoms with Gasteiger partial charge in [0.2, 0.25) is 10.0 Å². The molecule has 0 aliphatic rings. The minimum Gasteiger partial charge on any atom is -0.461 e. The summed E-state index contributed by atoms with van der Waals surface area (Å²) in [6.07, 6.45) is 1.50. The maximum Gasteiger partial charge on any atom is 0.355 e. The third-order valence-corrected chi connectivity index (χ3v) is 5.31. The number of carbonyl (C=O) groups is 1. The van der Waals surface area contributed by atoms with Crippen LogP contribution in [0.25, 0.3) is 0 Å². The Morgan fingerprint density at radius 1 is 1.38 bits per heavy atom. The molecule has 0 aromatic carbocycles. The molecule has 0 aliphatic heterocycles. The number of esters is 1. The van der Waals surface area contributed by atoms with Gasteiger partial charge in [-0.3, -0.25) is 4.21 Å². The number of carbonyl (C=O) groups excluding carboxylic acids is 1. The molecule has 9 heteroatoms. The van der Waals surface area contributed by atoms with Crippen LogP contribution < -0.4 is 4.72 Å². The van der Waals surface area contributed by atoms with E-state index in [1.165, 1.54) is 6.26 Å². The summed E-state index contributed by atoms with van der Waals surface area (Å²) in [5, 5.41) is 0. The highest BCUT2D eigenvalue weighted by atomic mass is 32.2. The maximum absolute atomic E-state index is 12.3. The number of H-pyrrole nitrogens is 1. The van der Waals surface area contributed by atoms with Gasteiger partial charge in [-0.05, 0) is 20.8 Å². The fourth-order valence-corrected chi connectivity index (χ4v) is 3.93. The first-order valence-electron chi connectivity index (χ1n) is 6.36. The number of rotatable bonds is 7. The average molecular weight is 336 g/mol. The molecule has 2 N–H and O–H groups in total. The van der Waals surface area contributed by atoms with E-state index in [0.717, 1.165) is 0 Å². The Morgan fingerprint density at radius 2 is 2.00 bits per heavy atom. The van der Waals surface area contributed by atoms with Crippen molar-refractivity contribution in [2.45, 2.75) is 25.7 Å². The van der Waals surface area contributed by atoms with Gasteiger partial charge < -0.3 is 9.72 Å². The van der Waals surface area contributed by atoms with Crippen molar-refractivity contribution >= 4 is 26.8 Å². The maximum atomic E-state index is 12.3. The molecular formula is C12H20N2O5S2. The Labute approximate surface area is 127 Å². The molecule has 1 heterocycles. The van der Waals surface area contributed by atoms with Gasteiger partial charge in [-0.1, -0.05) is 0 Å². The average Bonchev–Trinajstić information content (AvgIpc) is 2.64. The lowest BCUT2D eigenvalue weighted by Crippen LogP contribution is -2.28. The summed E-state index contributed by atoms with van der Waals surface area (Å²) in [5.74, 6) is -0.360. The van der Waals surface area contributed by atoms with Crippen molar-refractivity contribution in [1.29, 1.82) is 0 Å². The molecular weight excluding hydrogens is 316 g/mol. The molecule has 0 saturated heterocycles. The van der Waals surface area contributed by atoms with Gasteiger partial charge in [-0.2, -0.15) is 0 Å². The zero-order chi connectivity index (χ0) is 16.2. The summed E-state index contributed by atoms with van der Waals surface area (Å²) < 4.78 is 42.8. The molecule has 7 nitrogen and oxygen atoms in total. The number of ether oxygens (including phenoxy) is 1. The first-order valence-corrected chi connectivity index (χ1v) is 9.57. The number of aryl methyl sites for hydroxylation is 1. The van der Waals surface area contributed by atoms with Crippen molar-refractivity contribution in [3.8, 4) is 0 Å². The molecule has 0 spiro atoms. The molecule has 0 amide bonds. The highest BCUT2D eigenvalue weighted by Gasteiger charge is 2.26. The fourth-order valence-electron chi connectivity index (χ4n) is 1.94. The topological polar surface area (TPSA) is 105 Å². The van der Waals surface area contributed by atoms with Crippen LogP contribution in [0.3, 0.4) is 0 Å². The van der Waals surface area contributed by atoms with E-state index in [2.05, 4.69) is 9.71 Å². The summed E-state index contributed by atoms with van der Waals surface area (Å²) in [5.41, 5.74) is 0.811. The van der Waals surface area contributed by atoms with Crippen molar-refractivity contribution in [2.75, 3.05) is 25.2 Å². The van der Waals surface area contributed by atoms with E-state index in [9.17, 15) is 17.4 Å². The summed E-state index contributed by atoms with van der Waals surface area (Å²) >= 11 is 0. The van der Waals surface area contributed by atoms with E-state index in [1.54, 1.807) is 20.8 Å². The number of hydrogen-bond donors (Lipinski definition) is 2. The summed E-state index contributed by atoms with van der Waals surface area (Å²) in [4.78, 5) is 14.5. The summed E-state index contributed by atoms with van der Waals surface area (Å²) in [6.45, 7) is 5.07. The SMILES string of the molecule is CCOC(=O)c1[nH]c(C)c(S(=O)(=O)NCCS(C)=O)c1C. The predicted molar refractivity (Wildman–Crippen MR) is 80.3 cm³/mol. The van der Waals surface area contributed by atoms with Crippen molar-refractivity contribution in [3.05, 3.63) is 17.0 Å². The van der Waals surface area contributed by atoms with E-state index in [-0.39, 0.29) is 29.5 Å². The smallest absolute Gasteiger partial charge is 0.355 e. The molecule has 120 valence electrons. The Balaban J connectivity index is 3.07. The molecule has 0 radical (unpaired) electrons. The third kappa shape index (κ3) is 4.39. The molecule has 0 fully saturated rings. The van der Waals surface area contributed by atoms with E-state index in [0.29, 0.717) is 11.3 Å². The van der Waals surface area contributed by atoms with E-state index in [4.69, 9.17) is 4.74 Å². The van der Waals surface area contributed by atoms with Gasteiger partial charge in [0.05, 0.1) is 6.61 Å². The molecule has 21 heavy (non-hydrogen) atoms. The number of hydrogen-bond acceptors (Lipinski definition) is 5. The van der Waals surface area contributed by atoms with Gasteiger partial charge in [0, 0.05) is 40.6 Å². The van der Waals surface area contributed by atoms with Crippen molar-refractivity contribution < 1.29 is 22.2 Å². The lowest BCUT2D eigenvalue weighted by Gasteiger charge is -2.07. The zero-order valence-electron chi connectivity index (χ0n) is 12.5. The standard InChI is InChI=1S/C12H20N2O5S2/c1-5-19-12(15)10-8(2)11(9(3)14-10)21(17,18)13-6-7-20(4)16/h13-14H,5-7H2,1-4H3. The van der Waals surface area contributed by atoms with Crippen molar-refractivity contribution in [3.63, 3.8) is 0 Å². The number of sulfonamides is 1. The highest BCUT2D eigenvalue weighted by molar-refractivity contribution is 7.89. The van der Waals surface area contributed by atoms with Crippen LogP contribution in [0.15, 0.2) is 4.90 Å². The Bertz CT molecular complexity index is 649. The fraction of sp³-hybridized carbons (Fsp3) is 0.583. The summed E-state index contributed by atoms with van der Waals surface area (Å²) in [7, 11) is -4.85. The lowest BCUT2D eigenvalue weighted by atomic mass is 10.2. The van der Waals surface area contributed by atoms with E-state index < -0.39 is 26.8 Å². The second kappa shape index (κ2) is 7.19. The van der Waals surface area contributed by atoms with Crippen LogP contribution in [0.2, 0.25) is 0 Å². The van der Waals surface area contributed by atoms with Crippen molar-refractivity contribution in [1.82, 2.24) is 9.71 Å². The monoisotopic (exact) mass is 336 g/mol. The molecule has 0 saturated carbocycles. The summed E-state index contributed by atoms with van der Waals surface area (Å²) in [6, 6.07) is 0. The molecule has 1 unspecified atom stereocenters. The second-order valence-corrected chi connectivity index (χ2v) is 7.73. The van der Waals surface area contributed by atoms with Crippen LogP contribution in [-0.4, -0.2) is 48.7 Å². The minimum atomic E-state index is -3.77. The molecule has 1 atom stereocenters. The molecule has 1 rings (SSSR count). The van der Waals surface area contributed by atoms with Crippen LogP contribution in [-0.2, 0) is 25.6 Å². The van der Waals surface area contributed by atoms with Gasteiger partial charge in [0.25, 0.3) is 0 Å². The van der Waals surface area contributed by atoms with Gasteiger partial charge in [-0.15, -0.1) is 0 Å². The molecule has 1 aromatic rings. The molecule has 0 bridgehead atoms. The quantitative estimate of drug-likeness (QED) is 0.704. The van der Waals surface area contributed by atoms with Gasteiger partial charge >= 0.3 is 5.97 Å². The molecule has 0 aliphatic carbocycles. The lowest BCUT2D eigenvalue weighted by molar-refractivity contribution is 0.0519. The van der Waals surface area contributed by atoms with Crippen LogP contribution in [0.5, 0.6) is 0 Å². The predicted octanol–water partition coefficient (Wildman–Crippen LogP) is 0.465. The van der Waals surface area contributed by atoms with E-state index in [1.807, 2.05) is 0 Å². The van der Waals surface area contributed by atoms with Gasteiger partial charge in [0.15, 0.2) is 0 Å². The first kappa shape index (κ1) is 17.9. The van der Waals surface area contributed by atoms with Gasteiger partial charge in [0.1, 0.15) is 10.6 Å². The largest absolute Gasteiger partial charge is 0.461 e. The Hall–Kier alpha value is -1.19. The zero-order valence-corrected chi connectivity index (χ0v) is 14.1. The van der Waals surface area contributed by atoms with Crippen molar-refractivity contribution in [2.24, 2.45) is 0 Å². The second-order valence-electron chi connectivity index (χ2n) is 4.47. The third-order valence-electron chi connectivity index (χ3n) is 2.80. The Kier molecular flexibility index (Phi) is 6.11. The highest BCUT2D eigenvalue weighted by Crippen LogP contribution is 2.23. The van der Waals surface area contributed by atoms with Crippen LogP contribution >= 0.6 is 0 Å². The first-order chi connectivity index (χ1) is 9.70. The van der Waals surface area contributed by atoms with Crippen LogP contribution in [0.1, 0.15) is 28.7 Å². The molecule has 1 aromatic heterocycles. The number of aromatic nitrogens is 1. The van der Waals surface area contributed by atoms with Gasteiger partial charge in [-0.25, -0.2) is 17.9 Å². The normalized spacial score (nSPS) is 13.1. The number of aromatic amines is 1. The van der Waals surface area contributed by atoms with Crippen LogP contribution in [0, 0.1) is 13.8 Å². The number of nitrogens with one attached hydrogen (secondary N) is 2. The van der Waals surface area contributed by atoms with E-state index >= 15 is 0 Å². The minimum absolute atomic E-state index is 0.0347. The Morgan fingerprint density at radius 3 is 2.52 bits per heavy atom.